The summed E-state index contributed by atoms with van der Waals surface area (Å²) < 4.78 is 0.819. The Hall–Kier alpha value is -1.89. The highest BCUT2D eigenvalue weighted by Gasteiger charge is 2.09. The molecule has 1 N–H and O–H groups in total. The molecule has 1 aromatic heterocycles. The van der Waals surface area contributed by atoms with Crippen molar-refractivity contribution in [2.75, 3.05) is 5.32 Å². The summed E-state index contributed by atoms with van der Waals surface area (Å²) in [5.74, 6) is 0.690. The fourth-order valence-electron chi connectivity index (χ4n) is 1.99. The molecule has 24 heavy (non-hydrogen) atoms. The minimum absolute atomic E-state index is 0.0911. The number of anilines is 1. The lowest BCUT2D eigenvalue weighted by atomic mass is 10.1. The second-order valence-electron chi connectivity index (χ2n) is 5.00. The Morgan fingerprint density at radius 3 is 2.54 bits per heavy atom. The summed E-state index contributed by atoms with van der Waals surface area (Å²) >= 11 is 8.83. The molecule has 3 aromatic rings. The van der Waals surface area contributed by atoms with E-state index in [0.29, 0.717) is 11.6 Å². The van der Waals surface area contributed by atoms with Gasteiger partial charge in [-0.3, -0.25) is 4.79 Å². The number of rotatable bonds is 6. The Kier molecular flexibility index (Phi) is 5.85. The van der Waals surface area contributed by atoms with Crippen LogP contribution in [0.2, 0.25) is 5.02 Å². The number of amides is 1. The molecule has 1 amide bonds. The number of carbonyl (C=O) groups is 1. The first-order chi connectivity index (χ1) is 11.7. The summed E-state index contributed by atoms with van der Waals surface area (Å²) in [6, 6.07) is 17.3. The van der Waals surface area contributed by atoms with Gasteiger partial charge in [0.1, 0.15) is 0 Å². The van der Waals surface area contributed by atoms with Gasteiger partial charge in [-0.2, -0.15) is 0 Å². The number of hydrogen-bond donors (Lipinski definition) is 1. The second-order valence-corrected chi connectivity index (χ2v) is 7.64. The van der Waals surface area contributed by atoms with Crippen LogP contribution in [0.1, 0.15) is 11.1 Å². The summed E-state index contributed by atoms with van der Waals surface area (Å²) in [7, 11) is 0. The molecule has 0 aliphatic rings. The number of thioether (sulfide) groups is 1. The van der Waals surface area contributed by atoms with Crippen LogP contribution in [0.25, 0.3) is 0 Å². The zero-order valence-corrected chi connectivity index (χ0v) is 15.0. The van der Waals surface area contributed by atoms with E-state index in [1.807, 2.05) is 54.6 Å². The lowest BCUT2D eigenvalue weighted by Crippen LogP contribution is -2.14. The van der Waals surface area contributed by atoms with Crippen LogP contribution >= 0.6 is 34.7 Å². The highest BCUT2D eigenvalue weighted by atomic mass is 35.5. The Morgan fingerprint density at radius 2 is 1.79 bits per heavy atom. The van der Waals surface area contributed by atoms with Gasteiger partial charge >= 0.3 is 0 Å². The Bertz CT molecular complexity index is 806. The molecule has 3 rings (SSSR count). The van der Waals surface area contributed by atoms with Crippen LogP contribution in [0.4, 0.5) is 5.13 Å². The molecule has 1 heterocycles. The average Bonchev–Trinajstić information content (AvgIpc) is 3.02. The highest BCUT2D eigenvalue weighted by molar-refractivity contribution is 8.00. The third kappa shape index (κ3) is 5.06. The average molecular weight is 376 g/mol. The van der Waals surface area contributed by atoms with Crippen LogP contribution in [0.3, 0.4) is 0 Å². The van der Waals surface area contributed by atoms with Gasteiger partial charge in [0.2, 0.25) is 11.0 Å². The SMILES string of the molecule is O=C(Cc1ccccc1)Nc1nnc(SCc2ccc(Cl)cc2)s1. The molecule has 0 aliphatic carbocycles. The van der Waals surface area contributed by atoms with E-state index in [0.717, 1.165) is 26.2 Å². The summed E-state index contributed by atoms with van der Waals surface area (Å²) in [5.41, 5.74) is 2.13. The van der Waals surface area contributed by atoms with Crippen molar-refractivity contribution in [1.82, 2.24) is 10.2 Å². The van der Waals surface area contributed by atoms with Gasteiger partial charge in [0.25, 0.3) is 0 Å². The molecule has 0 aliphatic heterocycles. The normalized spacial score (nSPS) is 10.5. The molecule has 0 saturated heterocycles. The van der Waals surface area contributed by atoms with Crippen molar-refractivity contribution in [3.05, 3.63) is 70.7 Å². The first kappa shape index (κ1) is 17.0. The van der Waals surface area contributed by atoms with Gasteiger partial charge in [0.05, 0.1) is 6.42 Å². The molecule has 2 aromatic carbocycles. The predicted molar refractivity (Wildman–Crippen MR) is 99.7 cm³/mol. The zero-order valence-electron chi connectivity index (χ0n) is 12.6. The molecule has 0 fully saturated rings. The summed E-state index contributed by atoms with van der Waals surface area (Å²) in [4.78, 5) is 12.0. The molecule has 0 atom stereocenters. The number of nitrogens with one attached hydrogen (secondary N) is 1. The Balaban J connectivity index is 1.51. The number of carbonyl (C=O) groups excluding carboxylic acids is 1. The minimum atomic E-state index is -0.0911. The number of hydrogen-bond acceptors (Lipinski definition) is 5. The quantitative estimate of drug-likeness (QED) is 0.502. The van der Waals surface area contributed by atoms with Crippen LogP contribution in [0.5, 0.6) is 0 Å². The fourth-order valence-corrected chi connectivity index (χ4v) is 3.84. The van der Waals surface area contributed by atoms with Crippen LogP contribution in [-0.4, -0.2) is 16.1 Å². The minimum Gasteiger partial charge on any atom is -0.300 e. The summed E-state index contributed by atoms with van der Waals surface area (Å²) in [6.45, 7) is 0. The van der Waals surface area contributed by atoms with Gasteiger partial charge in [-0.05, 0) is 23.3 Å². The number of benzene rings is 2. The lowest BCUT2D eigenvalue weighted by molar-refractivity contribution is -0.115. The molecule has 0 spiro atoms. The summed E-state index contributed by atoms with van der Waals surface area (Å²) in [5, 5.41) is 12.2. The van der Waals surface area contributed by atoms with E-state index in [1.165, 1.54) is 11.3 Å². The Labute approximate surface area is 153 Å². The predicted octanol–water partition coefficient (Wildman–Crippen LogP) is 4.67. The topological polar surface area (TPSA) is 54.9 Å². The third-order valence-electron chi connectivity index (χ3n) is 3.14. The summed E-state index contributed by atoms with van der Waals surface area (Å²) in [6.07, 6.45) is 0.327. The van der Waals surface area contributed by atoms with E-state index in [1.54, 1.807) is 11.8 Å². The van der Waals surface area contributed by atoms with E-state index in [-0.39, 0.29) is 5.91 Å². The molecule has 4 nitrogen and oxygen atoms in total. The fraction of sp³-hybridized carbons (Fsp3) is 0.118. The lowest BCUT2D eigenvalue weighted by Gasteiger charge is -2.01. The molecule has 7 heteroatoms. The molecule has 0 bridgehead atoms. The molecule has 0 unspecified atom stereocenters. The van der Waals surface area contributed by atoms with Gasteiger partial charge in [-0.25, -0.2) is 0 Å². The van der Waals surface area contributed by atoms with Crippen molar-refractivity contribution in [2.45, 2.75) is 16.5 Å². The van der Waals surface area contributed by atoms with Gasteiger partial charge in [-0.1, -0.05) is 77.2 Å². The van der Waals surface area contributed by atoms with Crippen LogP contribution in [0, 0.1) is 0 Å². The zero-order chi connectivity index (χ0) is 16.8. The van der Waals surface area contributed by atoms with E-state index >= 15 is 0 Å². The van der Waals surface area contributed by atoms with Crippen molar-refractivity contribution in [3.8, 4) is 0 Å². The number of nitrogens with zero attached hydrogens (tertiary/aromatic N) is 2. The van der Waals surface area contributed by atoms with E-state index in [4.69, 9.17) is 11.6 Å². The molecular weight excluding hydrogens is 362 g/mol. The van der Waals surface area contributed by atoms with Crippen molar-refractivity contribution in [1.29, 1.82) is 0 Å². The molecular formula is C17H14ClN3OS2. The van der Waals surface area contributed by atoms with Gasteiger partial charge in [0.15, 0.2) is 4.34 Å². The van der Waals surface area contributed by atoms with Gasteiger partial charge < -0.3 is 5.32 Å². The van der Waals surface area contributed by atoms with E-state index < -0.39 is 0 Å². The molecule has 0 saturated carbocycles. The highest BCUT2D eigenvalue weighted by Crippen LogP contribution is 2.28. The number of halogens is 1. The smallest absolute Gasteiger partial charge is 0.230 e. The van der Waals surface area contributed by atoms with Crippen molar-refractivity contribution in [3.63, 3.8) is 0 Å². The number of aromatic nitrogens is 2. The maximum absolute atomic E-state index is 12.0. The van der Waals surface area contributed by atoms with Crippen LogP contribution < -0.4 is 5.32 Å². The van der Waals surface area contributed by atoms with Crippen molar-refractivity contribution < 1.29 is 4.79 Å². The first-order valence-electron chi connectivity index (χ1n) is 7.23. The second kappa shape index (κ2) is 8.28. The van der Waals surface area contributed by atoms with Crippen molar-refractivity contribution in [2.24, 2.45) is 0 Å². The van der Waals surface area contributed by atoms with Crippen molar-refractivity contribution >= 4 is 45.7 Å². The van der Waals surface area contributed by atoms with Crippen LogP contribution in [0.15, 0.2) is 58.9 Å². The maximum atomic E-state index is 12.0. The van der Waals surface area contributed by atoms with Gasteiger partial charge in [0, 0.05) is 10.8 Å². The van der Waals surface area contributed by atoms with E-state index in [2.05, 4.69) is 15.5 Å². The molecule has 122 valence electrons. The van der Waals surface area contributed by atoms with Gasteiger partial charge in [-0.15, -0.1) is 10.2 Å². The maximum Gasteiger partial charge on any atom is 0.230 e. The third-order valence-corrected chi connectivity index (χ3v) is 5.43. The standard InChI is InChI=1S/C17H14ClN3OS2/c18-14-8-6-13(7-9-14)11-23-17-21-20-16(24-17)19-15(22)10-12-4-2-1-3-5-12/h1-9H,10-11H2,(H,19,20,22). The first-order valence-corrected chi connectivity index (χ1v) is 9.41. The molecule has 0 radical (unpaired) electrons. The van der Waals surface area contributed by atoms with Crippen LogP contribution in [-0.2, 0) is 17.0 Å². The van der Waals surface area contributed by atoms with E-state index in [9.17, 15) is 4.79 Å². The Morgan fingerprint density at radius 1 is 1.04 bits per heavy atom. The largest absolute Gasteiger partial charge is 0.300 e. The monoisotopic (exact) mass is 375 g/mol.